The Kier molecular flexibility index (Phi) is 14.5. The minimum atomic E-state index is -0.612. The number of nitrogens with zero attached hydrogens (tertiary/aromatic N) is 2. The van der Waals surface area contributed by atoms with Crippen LogP contribution in [0, 0.1) is 11.3 Å². The lowest BCUT2D eigenvalue weighted by Gasteiger charge is -2.28. The fourth-order valence-electron chi connectivity index (χ4n) is 3.58. The van der Waals surface area contributed by atoms with E-state index in [1.165, 1.54) is 9.80 Å². The van der Waals surface area contributed by atoms with Crippen LogP contribution in [-0.4, -0.2) is 64.6 Å². The highest BCUT2D eigenvalue weighted by atomic mass is 32.2. The van der Waals surface area contributed by atoms with E-state index in [0.29, 0.717) is 44.1 Å². The normalized spacial score (nSPS) is 13.5. The first-order valence-electron chi connectivity index (χ1n) is 11.7. The van der Waals surface area contributed by atoms with Crippen LogP contribution in [0.15, 0.2) is 0 Å². The standard InChI is InChI=1S/C24H45N3O4S/c1-18(2)22(23(25)31)26(7)20(29)12-9-8-10-14-27(17-28)21(30)16-19(3)32-15-11-13-24(4,5)6/h17-19,22H,8-16H2,1-7H3,(H2,25,31). The summed E-state index contributed by atoms with van der Waals surface area (Å²) in [6.07, 6.45) is 5.55. The Bertz CT molecular complexity index is 605. The summed E-state index contributed by atoms with van der Waals surface area (Å²) in [5.74, 6) is 0.198. The number of hydrogen-bond donors (Lipinski definition) is 1. The Morgan fingerprint density at radius 3 is 2.12 bits per heavy atom. The summed E-state index contributed by atoms with van der Waals surface area (Å²) in [4.78, 5) is 50.4. The molecule has 2 atom stereocenters. The SMILES string of the molecule is CC(CC(=O)N(C=O)CCCCCC(=O)N(C)C(C(N)=O)C(C)C)SCCCC(C)(C)C. The van der Waals surface area contributed by atoms with Crippen LogP contribution in [0.4, 0.5) is 0 Å². The molecule has 4 amide bonds. The number of carbonyl (C=O) groups excluding carboxylic acids is 4. The molecular weight excluding hydrogens is 426 g/mol. The molecule has 0 fully saturated rings. The second kappa shape index (κ2) is 15.3. The average Bonchev–Trinajstić information content (AvgIpc) is 2.66. The van der Waals surface area contributed by atoms with Crippen LogP contribution in [0.1, 0.15) is 86.5 Å². The quantitative estimate of drug-likeness (QED) is 0.272. The van der Waals surface area contributed by atoms with Crippen LogP contribution in [0.3, 0.4) is 0 Å². The number of rotatable bonds is 16. The van der Waals surface area contributed by atoms with Crippen molar-refractivity contribution < 1.29 is 19.2 Å². The van der Waals surface area contributed by atoms with Gasteiger partial charge < -0.3 is 10.6 Å². The lowest BCUT2D eigenvalue weighted by Crippen LogP contribution is -2.48. The number of nitrogens with two attached hydrogens (primary N) is 1. The summed E-state index contributed by atoms with van der Waals surface area (Å²) in [6.45, 7) is 12.8. The van der Waals surface area contributed by atoms with Crippen molar-refractivity contribution in [1.29, 1.82) is 0 Å². The third-order valence-electron chi connectivity index (χ3n) is 5.41. The van der Waals surface area contributed by atoms with Crippen molar-refractivity contribution >= 4 is 35.9 Å². The predicted octanol–water partition coefficient (Wildman–Crippen LogP) is 3.84. The molecule has 0 aromatic carbocycles. The Morgan fingerprint density at radius 1 is 1.00 bits per heavy atom. The highest BCUT2D eigenvalue weighted by molar-refractivity contribution is 7.99. The lowest BCUT2D eigenvalue weighted by atomic mass is 9.91. The first-order chi connectivity index (χ1) is 14.8. The second-order valence-corrected chi connectivity index (χ2v) is 11.7. The van der Waals surface area contributed by atoms with Gasteiger partial charge in [0.05, 0.1) is 0 Å². The van der Waals surface area contributed by atoms with Gasteiger partial charge in [-0.15, -0.1) is 0 Å². The third-order valence-corrected chi connectivity index (χ3v) is 6.67. The summed E-state index contributed by atoms with van der Waals surface area (Å²) in [6, 6.07) is -0.612. The molecule has 32 heavy (non-hydrogen) atoms. The smallest absolute Gasteiger partial charge is 0.240 e. The summed E-state index contributed by atoms with van der Waals surface area (Å²) < 4.78 is 0. The van der Waals surface area contributed by atoms with Gasteiger partial charge in [0.15, 0.2) is 0 Å². The predicted molar refractivity (Wildman–Crippen MR) is 132 cm³/mol. The summed E-state index contributed by atoms with van der Waals surface area (Å²) in [7, 11) is 1.60. The first kappa shape index (κ1) is 30.4. The molecule has 0 heterocycles. The van der Waals surface area contributed by atoms with Crippen LogP contribution >= 0.6 is 11.8 Å². The van der Waals surface area contributed by atoms with Gasteiger partial charge in [-0.1, -0.05) is 48.0 Å². The van der Waals surface area contributed by atoms with E-state index in [1.54, 1.807) is 18.8 Å². The van der Waals surface area contributed by atoms with E-state index in [-0.39, 0.29) is 23.0 Å². The monoisotopic (exact) mass is 471 g/mol. The Morgan fingerprint density at radius 2 is 1.62 bits per heavy atom. The molecular formula is C24H45N3O4S. The van der Waals surface area contributed by atoms with Gasteiger partial charge in [0.1, 0.15) is 6.04 Å². The molecule has 0 aliphatic rings. The number of unbranched alkanes of at least 4 members (excludes halogenated alkanes) is 2. The Balaban J connectivity index is 4.23. The number of primary amides is 1. The van der Waals surface area contributed by atoms with E-state index in [4.69, 9.17) is 5.73 Å². The number of imide groups is 1. The minimum absolute atomic E-state index is 0.0485. The molecule has 0 bridgehead atoms. The van der Waals surface area contributed by atoms with Crippen LogP contribution < -0.4 is 5.73 Å². The molecule has 2 unspecified atom stereocenters. The number of amides is 4. The molecule has 0 radical (unpaired) electrons. The van der Waals surface area contributed by atoms with E-state index in [1.807, 2.05) is 20.8 Å². The molecule has 7 nitrogen and oxygen atoms in total. The van der Waals surface area contributed by atoms with E-state index < -0.39 is 11.9 Å². The molecule has 0 aromatic heterocycles. The van der Waals surface area contributed by atoms with Gasteiger partial charge >= 0.3 is 0 Å². The maximum absolute atomic E-state index is 12.4. The number of carbonyl (C=O) groups is 4. The molecule has 8 heteroatoms. The topological polar surface area (TPSA) is 101 Å². The van der Waals surface area contributed by atoms with Crippen molar-refractivity contribution in [1.82, 2.24) is 9.80 Å². The largest absolute Gasteiger partial charge is 0.368 e. The molecule has 0 aromatic rings. The fourth-order valence-corrected chi connectivity index (χ4v) is 4.55. The van der Waals surface area contributed by atoms with E-state index in [9.17, 15) is 19.2 Å². The van der Waals surface area contributed by atoms with Gasteiger partial charge in [-0.3, -0.25) is 24.1 Å². The fraction of sp³-hybridized carbons (Fsp3) is 0.833. The Hall–Kier alpha value is -1.57. The maximum atomic E-state index is 12.4. The molecule has 0 rings (SSSR count). The highest BCUT2D eigenvalue weighted by Gasteiger charge is 2.27. The van der Waals surface area contributed by atoms with Gasteiger partial charge in [-0.05, 0) is 42.8 Å². The van der Waals surface area contributed by atoms with Crippen LogP contribution in [-0.2, 0) is 19.2 Å². The van der Waals surface area contributed by atoms with Gasteiger partial charge in [-0.2, -0.15) is 11.8 Å². The van der Waals surface area contributed by atoms with E-state index >= 15 is 0 Å². The van der Waals surface area contributed by atoms with Crippen molar-refractivity contribution in [3.8, 4) is 0 Å². The van der Waals surface area contributed by atoms with Crippen molar-refractivity contribution in [3.05, 3.63) is 0 Å². The summed E-state index contributed by atoms with van der Waals surface area (Å²) in [5.41, 5.74) is 5.74. The molecule has 0 aliphatic heterocycles. The van der Waals surface area contributed by atoms with E-state index in [0.717, 1.165) is 25.0 Å². The third kappa shape index (κ3) is 13.1. The van der Waals surface area contributed by atoms with Crippen molar-refractivity contribution in [2.45, 2.75) is 97.8 Å². The van der Waals surface area contributed by atoms with Crippen LogP contribution in [0.25, 0.3) is 0 Å². The van der Waals surface area contributed by atoms with E-state index in [2.05, 4.69) is 20.8 Å². The Labute approximate surface area is 199 Å². The van der Waals surface area contributed by atoms with Gasteiger partial charge in [0.25, 0.3) is 0 Å². The zero-order valence-electron chi connectivity index (χ0n) is 21.2. The lowest BCUT2D eigenvalue weighted by molar-refractivity contribution is -0.139. The second-order valence-electron chi connectivity index (χ2n) is 10.1. The summed E-state index contributed by atoms with van der Waals surface area (Å²) in [5, 5.41) is 0.178. The molecule has 0 saturated carbocycles. The minimum Gasteiger partial charge on any atom is -0.368 e. The summed E-state index contributed by atoms with van der Waals surface area (Å²) >= 11 is 1.78. The maximum Gasteiger partial charge on any atom is 0.240 e. The molecule has 0 aliphatic carbocycles. The van der Waals surface area contributed by atoms with Crippen molar-refractivity contribution in [2.75, 3.05) is 19.3 Å². The zero-order chi connectivity index (χ0) is 24.9. The number of hydrogen-bond acceptors (Lipinski definition) is 5. The molecule has 2 N–H and O–H groups in total. The number of thioether (sulfide) groups is 1. The first-order valence-corrected chi connectivity index (χ1v) is 12.8. The van der Waals surface area contributed by atoms with Gasteiger partial charge in [-0.25, -0.2) is 0 Å². The van der Waals surface area contributed by atoms with Gasteiger partial charge in [0.2, 0.25) is 24.1 Å². The van der Waals surface area contributed by atoms with Crippen LogP contribution in [0.2, 0.25) is 0 Å². The molecule has 0 spiro atoms. The van der Waals surface area contributed by atoms with Gasteiger partial charge in [0, 0.05) is 31.7 Å². The van der Waals surface area contributed by atoms with Crippen LogP contribution in [0.5, 0.6) is 0 Å². The number of likely N-dealkylation sites (N-methyl/N-ethyl adjacent to an activating group) is 1. The zero-order valence-corrected chi connectivity index (χ0v) is 22.0. The molecule has 0 saturated heterocycles. The highest BCUT2D eigenvalue weighted by Crippen LogP contribution is 2.24. The van der Waals surface area contributed by atoms with Crippen molar-refractivity contribution in [3.63, 3.8) is 0 Å². The molecule has 186 valence electrons. The average molecular weight is 472 g/mol. The van der Waals surface area contributed by atoms with Crippen molar-refractivity contribution in [2.24, 2.45) is 17.1 Å².